The lowest BCUT2D eigenvalue weighted by Gasteiger charge is -2.19. The minimum atomic E-state index is -1.02. The fourth-order valence-corrected chi connectivity index (χ4v) is 3.22. The molecule has 0 spiro atoms. The van der Waals surface area contributed by atoms with Crippen LogP contribution in [0, 0.1) is 13.8 Å². The van der Waals surface area contributed by atoms with Gasteiger partial charge in [0.1, 0.15) is 31.3 Å². The number of rotatable bonds is 7. The summed E-state index contributed by atoms with van der Waals surface area (Å²) in [6.07, 6.45) is -1.02. The normalized spacial score (nSPS) is 13.2. The van der Waals surface area contributed by atoms with Crippen molar-refractivity contribution in [3.8, 4) is 17.2 Å². The van der Waals surface area contributed by atoms with Crippen molar-refractivity contribution in [1.29, 1.82) is 0 Å². The van der Waals surface area contributed by atoms with Gasteiger partial charge < -0.3 is 28.8 Å². The zero-order valence-electron chi connectivity index (χ0n) is 18.5. The standard InChI is InChI=1S/C24H24N2O7/c1-14-20(15(2)33-26-14)13-31-19-6-4-5-17(11-19)24(28)32-16(3)23(27)25-18-7-8-21-22(12-18)30-10-9-29-21/h4-8,11-12,16H,9-10,13H2,1-3H3,(H,25,27)/t16-/m1/s1. The molecule has 33 heavy (non-hydrogen) atoms. The molecule has 0 unspecified atom stereocenters. The molecule has 3 aromatic rings. The van der Waals surface area contributed by atoms with Crippen LogP contribution in [0.4, 0.5) is 5.69 Å². The van der Waals surface area contributed by atoms with Gasteiger partial charge in [-0.2, -0.15) is 0 Å². The van der Waals surface area contributed by atoms with Gasteiger partial charge in [-0.15, -0.1) is 0 Å². The van der Waals surface area contributed by atoms with E-state index >= 15 is 0 Å². The molecule has 172 valence electrons. The van der Waals surface area contributed by atoms with E-state index in [-0.39, 0.29) is 12.2 Å². The van der Waals surface area contributed by atoms with Gasteiger partial charge in [-0.3, -0.25) is 4.79 Å². The van der Waals surface area contributed by atoms with Crippen molar-refractivity contribution in [2.24, 2.45) is 0 Å². The summed E-state index contributed by atoms with van der Waals surface area (Å²) in [4.78, 5) is 25.1. The van der Waals surface area contributed by atoms with E-state index in [4.69, 9.17) is 23.5 Å². The smallest absolute Gasteiger partial charge is 0.339 e. The number of aromatic nitrogens is 1. The molecule has 9 nitrogen and oxygen atoms in total. The van der Waals surface area contributed by atoms with E-state index in [1.807, 2.05) is 13.8 Å². The summed E-state index contributed by atoms with van der Waals surface area (Å²) in [7, 11) is 0. The van der Waals surface area contributed by atoms with Gasteiger partial charge in [0.25, 0.3) is 5.91 Å². The molecule has 1 amide bonds. The molecule has 1 N–H and O–H groups in total. The van der Waals surface area contributed by atoms with Crippen LogP contribution in [-0.2, 0) is 16.1 Å². The number of anilines is 1. The van der Waals surface area contributed by atoms with Crippen LogP contribution in [-0.4, -0.2) is 36.4 Å². The number of benzene rings is 2. The van der Waals surface area contributed by atoms with Gasteiger partial charge >= 0.3 is 5.97 Å². The van der Waals surface area contributed by atoms with Crippen molar-refractivity contribution < 1.29 is 33.1 Å². The van der Waals surface area contributed by atoms with Crippen LogP contribution in [0.5, 0.6) is 17.2 Å². The first-order chi connectivity index (χ1) is 15.9. The predicted octanol–water partition coefficient (Wildman–Crippen LogP) is 3.83. The number of fused-ring (bicyclic) bond motifs is 1. The molecule has 1 aliphatic rings. The quantitative estimate of drug-likeness (QED) is 0.539. The molecule has 2 heterocycles. The molecule has 1 atom stereocenters. The molecular formula is C24H24N2O7. The third-order valence-electron chi connectivity index (χ3n) is 5.10. The highest BCUT2D eigenvalue weighted by molar-refractivity contribution is 5.97. The Kier molecular flexibility index (Phi) is 6.48. The van der Waals surface area contributed by atoms with Gasteiger partial charge in [-0.05, 0) is 51.1 Å². The molecule has 0 saturated heterocycles. The number of carbonyl (C=O) groups excluding carboxylic acids is 2. The van der Waals surface area contributed by atoms with Crippen LogP contribution in [0.3, 0.4) is 0 Å². The fourth-order valence-electron chi connectivity index (χ4n) is 3.22. The Balaban J connectivity index is 1.34. The van der Waals surface area contributed by atoms with E-state index in [1.165, 1.54) is 6.92 Å². The Labute approximate surface area is 190 Å². The van der Waals surface area contributed by atoms with Gasteiger partial charge in [-0.1, -0.05) is 11.2 Å². The third kappa shape index (κ3) is 5.25. The monoisotopic (exact) mass is 452 g/mol. The van der Waals surface area contributed by atoms with Gasteiger partial charge in [0.05, 0.1) is 16.8 Å². The molecule has 1 aromatic heterocycles. The lowest BCUT2D eigenvalue weighted by molar-refractivity contribution is -0.123. The largest absolute Gasteiger partial charge is 0.489 e. The number of ether oxygens (including phenoxy) is 4. The van der Waals surface area contributed by atoms with Crippen molar-refractivity contribution >= 4 is 17.6 Å². The van der Waals surface area contributed by atoms with Crippen molar-refractivity contribution in [1.82, 2.24) is 5.16 Å². The zero-order valence-corrected chi connectivity index (χ0v) is 18.5. The van der Waals surface area contributed by atoms with Crippen molar-refractivity contribution in [2.75, 3.05) is 18.5 Å². The molecule has 4 rings (SSSR count). The average molecular weight is 452 g/mol. The Morgan fingerprint density at radius 3 is 2.64 bits per heavy atom. The summed E-state index contributed by atoms with van der Waals surface area (Å²) < 4.78 is 27.2. The maximum atomic E-state index is 12.6. The summed E-state index contributed by atoms with van der Waals surface area (Å²) >= 11 is 0. The number of hydrogen-bond acceptors (Lipinski definition) is 8. The second-order valence-corrected chi connectivity index (χ2v) is 7.51. The predicted molar refractivity (Wildman–Crippen MR) is 118 cm³/mol. The number of amides is 1. The van der Waals surface area contributed by atoms with Crippen LogP contribution in [0.15, 0.2) is 47.0 Å². The van der Waals surface area contributed by atoms with Crippen LogP contribution in [0.1, 0.15) is 34.3 Å². The number of hydrogen-bond donors (Lipinski definition) is 1. The number of nitrogens with zero attached hydrogens (tertiary/aromatic N) is 1. The van der Waals surface area contributed by atoms with Gasteiger partial charge in [0, 0.05) is 11.8 Å². The number of nitrogens with one attached hydrogen (secondary N) is 1. The Bertz CT molecular complexity index is 1150. The number of carbonyl (C=O) groups is 2. The van der Waals surface area contributed by atoms with E-state index in [0.29, 0.717) is 41.9 Å². The Hall–Kier alpha value is -4.01. The summed E-state index contributed by atoms with van der Waals surface area (Å²) in [5.74, 6) is 1.24. The van der Waals surface area contributed by atoms with Gasteiger partial charge in [0.15, 0.2) is 17.6 Å². The average Bonchev–Trinajstić information content (AvgIpc) is 3.14. The molecule has 1 aliphatic heterocycles. The SMILES string of the molecule is Cc1noc(C)c1COc1cccc(C(=O)O[C@H](C)C(=O)Nc2ccc3c(c2)OCCO3)c1. The maximum Gasteiger partial charge on any atom is 0.339 e. The molecule has 0 saturated carbocycles. The Morgan fingerprint density at radius 2 is 1.88 bits per heavy atom. The number of esters is 1. The van der Waals surface area contributed by atoms with Crippen molar-refractivity contribution in [2.45, 2.75) is 33.5 Å². The highest BCUT2D eigenvalue weighted by Crippen LogP contribution is 2.32. The minimum absolute atomic E-state index is 0.258. The second kappa shape index (κ2) is 9.64. The topological polar surface area (TPSA) is 109 Å². The van der Waals surface area contributed by atoms with Crippen LogP contribution >= 0.6 is 0 Å². The van der Waals surface area contributed by atoms with E-state index in [9.17, 15) is 9.59 Å². The zero-order chi connectivity index (χ0) is 23.4. The first kappa shape index (κ1) is 22.2. The van der Waals surface area contributed by atoms with E-state index < -0.39 is 18.0 Å². The van der Waals surface area contributed by atoms with E-state index in [2.05, 4.69) is 10.5 Å². The van der Waals surface area contributed by atoms with E-state index in [1.54, 1.807) is 42.5 Å². The first-order valence-corrected chi connectivity index (χ1v) is 10.5. The number of aryl methyl sites for hydroxylation is 2. The lowest BCUT2D eigenvalue weighted by atomic mass is 10.2. The summed E-state index contributed by atoms with van der Waals surface area (Å²) in [6.45, 7) is 6.33. The molecule has 2 aromatic carbocycles. The van der Waals surface area contributed by atoms with Gasteiger partial charge in [0.2, 0.25) is 0 Å². The maximum absolute atomic E-state index is 12.6. The fraction of sp³-hybridized carbons (Fsp3) is 0.292. The molecule has 9 heteroatoms. The summed E-state index contributed by atoms with van der Waals surface area (Å²) in [6, 6.07) is 11.6. The van der Waals surface area contributed by atoms with Crippen LogP contribution in [0.25, 0.3) is 0 Å². The third-order valence-corrected chi connectivity index (χ3v) is 5.10. The van der Waals surface area contributed by atoms with Gasteiger partial charge in [-0.25, -0.2) is 4.79 Å². The van der Waals surface area contributed by atoms with Crippen molar-refractivity contribution in [3.63, 3.8) is 0 Å². The van der Waals surface area contributed by atoms with Crippen LogP contribution in [0.2, 0.25) is 0 Å². The second-order valence-electron chi connectivity index (χ2n) is 7.51. The summed E-state index contributed by atoms with van der Waals surface area (Å²) in [5, 5.41) is 6.61. The molecule has 0 bridgehead atoms. The highest BCUT2D eigenvalue weighted by Gasteiger charge is 2.21. The van der Waals surface area contributed by atoms with Crippen LogP contribution < -0.4 is 19.5 Å². The highest BCUT2D eigenvalue weighted by atomic mass is 16.6. The lowest BCUT2D eigenvalue weighted by Crippen LogP contribution is -2.30. The molecular weight excluding hydrogens is 428 g/mol. The molecule has 0 fully saturated rings. The molecule has 0 radical (unpaired) electrons. The van der Waals surface area contributed by atoms with E-state index in [0.717, 1.165) is 11.3 Å². The Morgan fingerprint density at radius 1 is 1.09 bits per heavy atom. The minimum Gasteiger partial charge on any atom is -0.489 e. The molecule has 0 aliphatic carbocycles. The van der Waals surface area contributed by atoms with Crippen molar-refractivity contribution in [3.05, 3.63) is 65.0 Å². The first-order valence-electron chi connectivity index (χ1n) is 10.5. The summed E-state index contributed by atoms with van der Waals surface area (Å²) in [5.41, 5.74) is 2.39.